The van der Waals surface area contributed by atoms with Gasteiger partial charge in [-0.25, -0.2) is 0 Å². The highest BCUT2D eigenvalue weighted by Gasteiger charge is 2.21. The second-order valence-electron chi connectivity index (χ2n) is 8.07. The number of hydrogen-bond donors (Lipinski definition) is 0. The van der Waals surface area contributed by atoms with Crippen LogP contribution in [-0.4, -0.2) is 57.6 Å². The molecule has 3 aromatic rings. The van der Waals surface area contributed by atoms with Gasteiger partial charge in [-0.15, -0.1) is 0 Å². The lowest BCUT2D eigenvalue weighted by Crippen LogP contribution is -2.46. The Morgan fingerprint density at radius 3 is 2.47 bits per heavy atom. The molecule has 0 bridgehead atoms. The van der Waals surface area contributed by atoms with Crippen molar-refractivity contribution in [2.75, 3.05) is 40.5 Å². The first-order chi connectivity index (χ1) is 15.5. The van der Waals surface area contributed by atoms with E-state index < -0.39 is 0 Å². The van der Waals surface area contributed by atoms with Gasteiger partial charge in [-0.05, 0) is 43.7 Å². The smallest absolute Gasteiger partial charge is 0.200 e. The Hall–Kier alpha value is -3.03. The van der Waals surface area contributed by atoms with E-state index in [4.69, 9.17) is 23.4 Å². The third-order valence-electron chi connectivity index (χ3n) is 5.61. The summed E-state index contributed by atoms with van der Waals surface area (Å²) in [5.41, 5.74) is 1.54. The minimum absolute atomic E-state index is 0.110. The van der Waals surface area contributed by atoms with Crippen molar-refractivity contribution in [2.24, 2.45) is 0 Å². The van der Waals surface area contributed by atoms with Crippen LogP contribution < -0.4 is 19.6 Å². The normalized spacial score (nSPS) is 19.1. The third kappa shape index (κ3) is 4.74. The predicted octanol–water partition coefficient (Wildman–Crippen LogP) is 3.97. The molecule has 1 aliphatic heterocycles. The van der Waals surface area contributed by atoms with Crippen molar-refractivity contribution in [2.45, 2.75) is 26.1 Å². The van der Waals surface area contributed by atoms with E-state index in [0.29, 0.717) is 46.0 Å². The van der Waals surface area contributed by atoms with Crippen molar-refractivity contribution in [3.8, 4) is 28.4 Å². The first-order valence-corrected chi connectivity index (χ1v) is 10.8. The van der Waals surface area contributed by atoms with E-state index in [9.17, 15) is 4.79 Å². The fourth-order valence-electron chi connectivity index (χ4n) is 4.16. The van der Waals surface area contributed by atoms with Crippen LogP contribution in [0.2, 0.25) is 0 Å². The molecule has 32 heavy (non-hydrogen) atoms. The molecule has 1 fully saturated rings. The molecule has 170 valence electrons. The minimum atomic E-state index is -0.110. The zero-order valence-electron chi connectivity index (χ0n) is 18.9. The van der Waals surface area contributed by atoms with E-state index >= 15 is 0 Å². The molecule has 7 nitrogen and oxygen atoms in total. The Bertz CT molecular complexity index is 1130. The molecule has 0 aliphatic carbocycles. The average Bonchev–Trinajstić information content (AvgIpc) is 2.78. The summed E-state index contributed by atoms with van der Waals surface area (Å²) < 4.78 is 28.1. The summed E-state index contributed by atoms with van der Waals surface area (Å²) in [6, 6.07) is 10.7. The average molecular weight is 440 g/mol. The molecule has 7 heteroatoms. The summed E-state index contributed by atoms with van der Waals surface area (Å²) in [6.07, 6.45) is 1.94. The summed E-state index contributed by atoms with van der Waals surface area (Å²) in [4.78, 5) is 15.4. The quantitative estimate of drug-likeness (QED) is 0.552. The molecule has 0 saturated carbocycles. The largest absolute Gasteiger partial charge is 0.493 e. The van der Waals surface area contributed by atoms with E-state index in [0.717, 1.165) is 19.6 Å². The molecule has 0 radical (unpaired) electrons. The van der Waals surface area contributed by atoms with Crippen LogP contribution in [0.25, 0.3) is 22.1 Å². The number of methoxy groups -OCH3 is 2. The van der Waals surface area contributed by atoms with Gasteiger partial charge in [-0.3, -0.25) is 9.69 Å². The van der Waals surface area contributed by atoms with E-state index in [1.807, 2.05) is 12.1 Å². The number of morpholine rings is 1. The van der Waals surface area contributed by atoms with Crippen molar-refractivity contribution in [1.29, 1.82) is 0 Å². The molecule has 1 aliphatic rings. The predicted molar refractivity (Wildman–Crippen MR) is 123 cm³/mol. The Morgan fingerprint density at radius 2 is 1.75 bits per heavy atom. The summed E-state index contributed by atoms with van der Waals surface area (Å²) >= 11 is 0. The molecule has 2 aromatic carbocycles. The first kappa shape index (κ1) is 22.2. The van der Waals surface area contributed by atoms with Gasteiger partial charge in [0.2, 0.25) is 0 Å². The van der Waals surface area contributed by atoms with Crippen LogP contribution in [0.4, 0.5) is 0 Å². The van der Waals surface area contributed by atoms with E-state index in [2.05, 4.69) is 18.7 Å². The van der Waals surface area contributed by atoms with Crippen LogP contribution in [0.1, 0.15) is 13.8 Å². The summed E-state index contributed by atoms with van der Waals surface area (Å²) in [6.45, 7) is 7.35. The Labute approximate surface area is 187 Å². The Balaban J connectivity index is 1.49. The lowest BCUT2D eigenvalue weighted by Gasteiger charge is -2.35. The number of ether oxygens (including phenoxy) is 4. The highest BCUT2D eigenvalue weighted by Crippen LogP contribution is 2.32. The molecule has 0 amide bonds. The van der Waals surface area contributed by atoms with Gasteiger partial charge >= 0.3 is 0 Å². The molecule has 0 N–H and O–H groups in total. The second-order valence-corrected chi connectivity index (χ2v) is 8.07. The number of hydrogen-bond acceptors (Lipinski definition) is 7. The molecule has 1 saturated heterocycles. The monoisotopic (exact) mass is 439 g/mol. The molecule has 1 aromatic heterocycles. The zero-order valence-corrected chi connectivity index (χ0v) is 18.9. The number of rotatable bonds is 7. The zero-order chi connectivity index (χ0) is 22.7. The van der Waals surface area contributed by atoms with Crippen molar-refractivity contribution >= 4 is 11.0 Å². The van der Waals surface area contributed by atoms with Gasteiger partial charge in [-0.2, -0.15) is 0 Å². The number of fused-ring (bicyclic) bond motifs is 1. The summed E-state index contributed by atoms with van der Waals surface area (Å²) in [5.74, 6) is 1.83. The highest BCUT2D eigenvalue weighted by molar-refractivity contribution is 5.83. The van der Waals surface area contributed by atoms with Gasteiger partial charge in [0.25, 0.3) is 0 Å². The van der Waals surface area contributed by atoms with Gasteiger partial charge in [0.15, 0.2) is 16.9 Å². The maximum absolute atomic E-state index is 13.1. The van der Waals surface area contributed by atoms with Crippen LogP contribution in [0.15, 0.2) is 51.9 Å². The standard InChI is InChI=1S/C25H29NO6/c1-16-13-26(14-17(2)32-16)9-10-30-19-6-7-20-23(12-19)31-15-21(25(20)27)18-5-8-22(28-3)24(11-18)29-4/h5-8,11-12,15-17H,9-10,13-14H2,1-4H3/t16-,17-/m1/s1. The van der Waals surface area contributed by atoms with Crippen LogP contribution >= 0.6 is 0 Å². The maximum Gasteiger partial charge on any atom is 0.200 e. The van der Waals surface area contributed by atoms with E-state index in [1.165, 1.54) is 6.26 Å². The van der Waals surface area contributed by atoms with Crippen LogP contribution in [-0.2, 0) is 4.74 Å². The van der Waals surface area contributed by atoms with Gasteiger partial charge in [0, 0.05) is 25.7 Å². The lowest BCUT2D eigenvalue weighted by atomic mass is 10.0. The lowest BCUT2D eigenvalue weighted by molar-refractivity contribution is -0.0699. The minimum Gasteiger partial charge on any atom is -0.493 e. The fourth-order valence-corrected chi connectivity index (χ4v) is 4.16. The molecular weight excluding hydrogens is 410 g/mol. The number of nitrogens with zero attached hydrogens (tertiary/aromatic N) is 1. The van der Waals surface area contributed by atoms with Crippen molar-refractivity contribution in [3.63, 3.8) is 0 Å². The fraction of sp³-hybridized carbons (Fsp3) is 0.400. The second kappa shape index (κ2) is 9.63. The molecule has 4 rings (SSSR count). The third-order valence-corrected chi connectivity index (χ3v) is 5.61. The molecular formula is C25H29NO6. The van der Waals surface area contributed by atoms with Gasteiger partial charge in [0.1, 0.15) is 24.2 Å². The summed E-state index contributed by atoms with van der Waals surface area (Å²) in [7, 11) is 3.13. The van der Waals surface area contributed by atoms with Crippen LogP contribution in [0.5, 0.6) is 17.2 Å². The van der Waals surface area contributed by atoms with Gasteiger partial charge < -0.3 is 23.4 Å². The SMILES string of the molecule is COc1ccc(-c2coc3cc(OCCN4C[C@@H](C)O[C@H](C)C4)ccc3c2=O)cc1OC. The van der Waals surface area contributed by atoms with Gasteiger partial charge in [-0.1, -0.05) is 6.07 Å². The number of benzene rings is 2. The molecule has 2 atom stereocenters. The van der Waals surface area contributed by atoms with Crippen molar-refractivity contribution in [3.05, 3.63) is 52.9 Å². The molecule has 0 unspecified atom stereocenters. The van der Waals surface area contributed by atoms with Crippen molar-refractivity contribution < 1.29 is 23.4 Å². The Kier molecular flexibility index (Phi) is 6.67. The molecule has 2 heterocycles. The summed E-state index contributed by atoms with van der Waals surface area (Å²) in [5, 5.41) is 0.500. The Morgan fingerprint density at radius 1 is 1.00 bits per heavy atom. The maximum atomic E-state index is 13.1. The van der Waals surface area contributed by atoms with Crippen LogP contribution in [0.3, 0.4) is 0 Å². The van der Waals surface area contributed by atoms with Crippen molar-refractivity contribution in [1.82, 2.24) is 4.90 Å². The topological polar surface area (TPSA) is 70.4 Å². The highest BCUT2D eigenvalue weighted by atomic mass is 16.5. The van der Waals surface area contributed by atoms with Crippen LogP contribution in [0, 0.1) is 0 Å². The van der Waals surface area contributed by atoms with E-state index in [-0.39, 0.29) is 17.6 Å². The van der Waals surface area contributed by atoms with Gasteiger partial charge in [0.05, 0.1) is 37.4 Å². The first-order valence-electron chi connectivity index (χ1n) is 10.8. The van der Waals surface area contributed by atoms with E-state index in [1.54, 1.807) is 38.5 Å². The molecule has 0 spiro atoms.